The molecule has 1 saturated heterocycles. The van der Waals surface area contributed by atoms with Crippen molar-refractivity contribution < 1.29 is 19.8 Å². The zero-order chi connectivity index (χ0) is 31.2. The summed E-state index contributed by atoms with van der Waals surface area (Å²) in [5.41, 5.74) is 2.71. The van der Waals surface area contributed by atoms with E-state index in [1.165, 1.54) is 31.2 Å². The van der Waals surface area contributed by atoms with Gasteiger partial charge in [0.1, 0.15) is 0 Å². The highest BCUT2D eigenvalue weighted by Gasteiger charge is 2.62. The van der Waals surface area contributed by atoms with Crippen molar-refractivity contribution in [3.63, 3.8) is 0 Å². The van der Waals surface area contributed by atoms with Crippen LogP contribution in [0.2, 0.25) is 0 Å². The third-order valence-corrected chi connectivity index (χ3v) is 13.7. The van der Waals surface area contributed by atoms with Crippen molar-refractivity contribution in [1.82, 2.24) is 9.80 Å². The first-order chi connectivity index (χ1) is 21.0. The van der Waals surface area contributed by atoms with Gasteiger partial charge in [-0.3, -0.25) is 9.59 Å². The number of aryl methyl sites for hydroxylation is 1. The molecule has 1 aromatic rings. The van der Waals surface area contributed by atoms with Crippen molar-refractivity contribution in [2.75, 3.05) is 26.2 Å². The predicted molar refractivity (Wildman–Crippen MR) is 174 cm³/mol. The minimum absolute atomic E-state index is 0.0127. The Bertz CT molecular complexity index is 1220. The van der Waals surface area contributed by atoms with Gasteiger partial charge < -0.3 is 20.0 Å². The van der Waals surface area contributed by atoms with Gasteiger partial charge in [-0.1, -0.05) is 50.6 Å². The normalized spacial score (nSPS) is 39.5. The number of aliphatic hydroxyl groups is 2. The van der Waals surface area contributed by atoms with E-state index in [2.05, 4.69) is 27.7 Å². The van der Waals surface area contributed by atoms with E-state index in [-0.39, 0.29) is 34.9 Å². The summed E-state index contributed by atoms with van der Waals surface area (Å²) < 4.78 is 0. The Morgan fingerprint density at radius 2 is 1.57 bits per heavy atom. The summed E-state index contributed by atoms with van der Waals surface area (Å²) in [6.45, 7) is 11.8. The lowest BCUT2D eigenvalue weighted by Gasteiger charge is -2.62. The standard InChI is InChI=1S/C38H56N2O4/c1-25-5-8-27(9-6-25)10-14-35(44)40-21-19-39(20-22-40)34(43)13-7-26(2)30-11-12-31-36-32(16-18-38(30,31)4)37(3)17-15-29(41)23-28(37)24-33(36)42/h5-6,8-10,14,26,28-33,36,41-42H,7,11-13,15-24H2,1-4H3/b14-10+/t26-,28+,29-,30-,31+,32+,33+,36+,37+,38-/m1/s1. The average molecular weight is 605 g/mol. The molecular formula is C38H56N2O4. The number of nitrogens with zero attached hydrogens (tertiary/aromatic N) is 2. The molecule has 5 fully saturated rings. The van der Waals surface area contributed by atoms with E-state index < -0.39 is 0 Å². The molecule has 0 spiro atoms. The van der Waals surface area contributed by atoms with Crippen LogP contribution in [0.4, 0.5) is 0 Å². The summed E-state index contributed by atoms with van der Waals surface area (Å²) in [4.78, 5) is 29.8. The largest absolute Gasteiger partial charge is 0.393 e. The molecule has 4 aliphatic carbocycles. The van der Waals surface area contributed by atoms with Crippen molar-refractivity contribution in [2.24, 2.45) is 46.3 Å². The lowest BCUT2D eigenvalue weighted by molar-refractivity contribution is -0.174. The molecule has 4 saturated carbocycles. The Hall–Kier alpha value is -2.18. The summed E-state index contributed by atoms with van der Waals surface area (Å²) in [5, 5.41) is 21.9. The number of amides is 2. The highest BCUT2D eigenvalue weighted by Crippen LogP contribution is 2.68. The topological polar surface area (TPSA) is 81.1 Å². The van der Waals surface area contributed by atoms with Gasteiger partial charge in [0.25, 0.3) is 0 Å². The van der Waals surface area contributed by atoms with E-state index in [9.17, 15) is 19.8 Å². The summed E-state index contributed by atoms with van der Waals surface area (Å²) in [6.07, 6.45) is 13.2. The number of hydrogen-bond acceptors (Lipinski definition) is 4. The second-order valence-corrected chi connectivity index (χ2v) is 15.9. The third-order valence-electron chi connectivity index (χ3n) is 13.7. The first-order valence-corrected chi connectivity index (χ1v) is 17.7. The van der Waals surface area contributed by atoms with E-state index in [0.29, 0.717) is 68.1 Å². The van der Waals surface area contributed by atoms with E-state index >= 15 is 0 Å². The van der Waals surface area contributed by atoms with Crippen LogP contribution in [-0.4, -0.2) is 70.2 Å². The van der Waals surface area contributed by atoms with Gasteiger partial charge in [0.15, 0.2) is 0 Å². The summed E-state index contributed by atoms with van der Waals surface area (Å²) in [6, 6.07) is 8.13. The summed E-state index contributed by atoms with van der Waals surface area (Å²) in [5.74, 6) is 3.29. The number of fused-ring (bicyclic) bond motifs is 5. The monoisotopic (exact) mass is 604 g/mol. The second kappa shape index (κ2) is 12.5. The lowest BCUT2D eigenvalue weighted by atomic mass is 9.43. The quantitative estimate of drug-likeness (QED) is 0.386. The van der Waals surface area contributed by atoms with Gasteiger partial charge in [-0.15, -0.1) is 0 Å². The van der Waals surface area contributed by atoms with E-state index in [0.717, 1.165) is 37.7 Å². The van der Waals surface area contributed by atoms with Gasteiger partial charge in [-0.05, 0) is 123 Å². The van der Waals surface area contributed by atoms with Gasteiger partial charge in [-0.2, -0.15) is 0 Å². The highest BCUT2D eigenvalue weighted by molar-refractivity contribution is 5.92. The molecule has 1 aliphatic heterocycles. The average Bonchev–Trinajstić information content (AvgIpc) is 3.37. The van der Waals surface area contributed by atoms with Crippen LogP contribution < -0.4 is 0 Å². The Kier molecular flexibility index (Phi) is 9.07. The number of carbonyl (C=O) groups excluding carboxylic acids is 2. The Balaban J connectivity index is 0.999. The van der Waals surface area contributed by atoms with Crippen LogP contribution in [0.25, 0.3) is 6.08 Å². The Labute approximate surface area is 265 Å². The maximum Gasteiger partial charge on any atom is 0.246 e. The van der Waals surface area contributed by atoms with Crippen molar-refractivity contribution in [3.8, 4) is 0 Å². The van der Waals surface area contributed by atoms with Crippen molar-refractivity contribution >= 4 is 17.9 Å². The molecule has 44 heavy (non-hydrogen) atoms. The van der Waals surface area contributed by atoms with E-state index in [1.807, 2.05) is 40.1 Å². The molecular weight excluding hydrogens is 548 g/mol. The number of rotatable bonds is 6. The fourth-order valence-electron chi connectivity index (χ4n) is 11.0. The highest BCUT2D eigenvalue weighted by atomic mass is 16.3. The second-order valence-electron chi connectivity index (χ2n) is 15.9. The molecule has 6 rings (SSSR count). The number of aliphatic hydroxyl groups excluding tert-OH is 2. The van der Waals surface area contributed by atoms with Crippen LogP contribution in [-0.2, 0) is 9.59 Å². The zero-order valence-electron chi connectivity index (χ0n) is 27.6. The molecule has 0 radical (unpaired) electrons. The maximum atomic E-state index is 13.3. The van der Waals surface area contributed by atoms with Crippen molar-refractivity contribution in [3.05, 3.63) is 41.5 Å². The minimum atomic E-state index is -0.243. The zero-order valence-corrected chi connectivity index (χ0v) is 27.6. The number of carbonyl (C=O) groups is 2. The number of piperazine rings is 1. The van der Waals surface area contributed by atoms with Gasteiger partial charge >= 0.3 is 0 Å². The van der Waals surface area contributed by atoms with Crippen LogP contribution >= 0.6 is 0 Å². The smallest absolute Gasteiger partial charge is 0.246 e. The van der Waals surface area contributed by atoms with Gasteiger partial charge in [0, 0.05) is 38.7 Å². The molecule has 0 unspecified atom stereocenters. The minimum Gasteiger partial charge on any atom is -0.393 e. The van der Waals surface area contributed by atoms with Crippen molar-refractivity contribution in [2.45, 2.75) is 104 Å². The molecule has 6 heteroatoms. The Morgan fingerprint density at radius 3 is 2.30 bits per heavy atom. The fourth-order valence-corrected chi connectivity index (χ4v) is 11.0. The Morgan fingerprint density at radius 1 is 0.909 bits per heavy atom. The third kappa shape index (κ3) is 5.90. The first-order valence-electron chi connectivity index (χ1n) is 17.7. The van der Waals surface area contributed by atoms with Gasteiger partial charge in [0.05, 0.1) is 12.2 Å². The predicted octanol–water partition coefficient (Wildman–Crippen LogP) is 6.09. The van der Waals surface area contributed by atoms with Gasteiger partial charge in [-0.25, -0.2) is 0 Å². The molecule has 0 aromatic heterocycles. The molecule has 1 heterocycles. The molecule has 2 amide bonds. The van der Waals surface area contributed by atoms with Crippen LogP contribution in [0.5, 0.6) is 0 Å². The van der Waals surface area contributed by atoms with Crippen LogP contribution in [0.1, 0.15) is 96.1 Å². The van der Waals surface area contributed by atoms with E-state index in [4.69, 9.17) is 0 Å². The van der Waals surface area contributed by atoms with E-state index in [1.54, 1.807) is 6.08 Å². The molecule has 2 N–H and O–H groups in total. The number of benzene rings is 1. The van der Waals surface area contributed by atoms with Crippen LogP contribution in [0.3, 0.4) is 0 Å². The maximum absolute atomic E-state index is 13.3. The number of hydrogen-bond donors (Lipinski definition) is 2. The van der Waals surface area contributed by atoms with Crippen LogP contribution in [0.15, 0.2) is 30.3 Å². The molecule has 10 atom stereocenters. The summed E-state index contributed by atoms with van der Waals surface area (Å²) >= 11 is 0. The van der Waals surface area contributed by atoms with Crippen molar-refractivity contribution in [1.29, 1.82) is 0 Å². The molecule has 5 aliphatic rings. The first kappa shape index (κ1) is 31.8. The molecule has 242 valence electrons. The van der Waals surface area contributed by atoms with Gasteiger partial charge in [0.2, 0.25) is 11.8 Å². The SMILES string of the molecule is Cc1ccc(/C=C/C(=O)N2CCN(C(=O)CC[C@@H](C)[C@H]3CC[C@H]4[C@@H]5[C@@H](O)C[C@@H]6C[C@H](O)CC[C@]6(C)[C@H]5CC[C@]34C)CC2)cc1. The van der Waals surface area contributed by atoms with Crippen LogP contribution in [0, 0.1) is 53.3 Å². The molecule has 1 aromatic carbocycles. The lowest BCUT2D eigenvalue weighted by Crippen LogP contribution is -2.58. The molecule has 0 bridgehead atoms. The fraction of sp³-hybridized carbons (Fsp3) is 0.737. The molecule has 6 nitrogen and oxygen atoms in total. The summed E-state index contributed by atoms with van der Waals surface area (Å²) in [7, 11) is 0.